The minimum Gasteiger partial charge on any atom is -0.373 e. The highest BCUT2D eigenvalue weighted by atomic mass is 15.1. The Morgan fingerprint density at radius 1 is 1.11 bits per heavy atom. The average molecular weight is 252 g/mol. The first kappa shape index (κ1) is 13.4. The van der Waals surface area contributed by atoms with Gasteiger partial charge in [0.15, 0.2) is 0 Å². The molecule has 0 N–H and O–H groups in total. The number of hydrogen-bond donors (Lipinski definition) is 0. The van der Waals surface area contributed by atoms with Gasteiger partial charge in [0, 0.05) is 19.3 Å². The van der Waals surface area contributed by atoms with E-state index in [0.29, 0.717) is 5.92 Å². The molecule has 0 saturated carbocycles. The Balaban J connectivity index is 2.22. The molecule has 2 heteroatoms. The van der Waals surface area contributed by atoms with E-state index < -0.39 is 0 Å². The largest absolute Gasteiger partial charge is 0.373 e. The molecule has 0 aliphatic carbocycles. The van der Waals surface area contributed by atoms with Crippen LogP contribution in [0.3, 0.4) is 0 Å². The minimum atomic E-state index is 0.0662. The summed E-state index contributed by atoms with van der Waals surface area (Å²) in [5.74, 6) is 0.448. The van der Waals surface area contributed by atoms with Gasteiger partial charge in [-0.2, -0.15) is 5.26 Å². The number of fused-ring (bicyclic) bond motifs is 1. The maximum atomic E-state index is 9.19. The van der Waals surface area contributed by atoms with Crippen molar-refractivity contribution in [3.8, 4) is 6.07 Å². The van der Waals surface area contributed by atoms with Gasteiger partial charge in [-0.25, -0.2) is 0 Å². The van der Waals surface area contributed by atoms with Gasteiger partial charge >= 0.3 is 0 Å². The molecular weight excluding hydrogens is 232 g/mol. The molecule has 0 fully saturated rings. The van der Waals surface area contributed by atoms with E-state index in [0.717, 1.165) is 6.54 Å². The molecule has 0 bridgehead atoms. The summed E-state index contributed by atoms with van der Waals surface area (Å²) in [6, 6.07) is 17.2. The van der Waals surface area contributed by atoms with Crippen LogP contribution in [-0.4, -0.2) is 13.6 Å². The van der Waals surface area contributed by atoms with Gasteiger partial charge in [0.2, 0.25) is 0 Å². The molecule has 0 aliphatic heterocycles. The van der Waals surface area contributed by atoms with Crippen molar-refractivity contribution in [2.24, 2.45) is 11.8 Å². The van der Waals surface area contributed by atoms with Crippen molar-refractivity contribution in [2.75, 3.05) is 18.5 Å². The molecule has 0 heterocycles. The summed E-state index contributed by atoms with van der Waals surface area (Å²) in [5, 5.41) is 11.7. The molecule has 2 aromatic rings. The fourth-order valence-electron chi connectivity index (χ4n) is 2.22. The fraction of sp³-hybridized carbons (Fsp3) is 0.353. The van der Waals surface area contributed by atoms with Gasteiger partial charge in [0.1, 0.15) is 0 Å². The molecule has 0 amide bonds. The lowest BCUT2D eigenvalue weighted by Crippen LogP contribution is -2.27. The summed E-state index contributed by atoms with van der Waals surface area (Å²) in [4.78, 5) is 2.17. The van der Waals surface area contributed by atoms with Crippen molar-refractivity contribution in [3.63, 3.8) is 0 Å². The molecular formula is C17H20N2. The fourth-order valence-corrected chi connectivity index (χ4v) is 2.22. The third kappa shape index (κ3) is 3.06. The highest BCUT2D eigenvalue weighted by Crippen LogP contribution is 2.23. The minimum absolute atomic E-state index is 0.0662. The molecule has 2 rings (SSSR count). The van der Waals surface area contributed by atoms with Crippen LogP contribution < -0.4 is 4.90 Å². The average Bonchev–Trinajstić information content (AvgIpc) is 2.43. The lowest BCUT2D eigenvalue weighted by molar-refractivity contribution is 0.477. The van der Waals surface area contributed by atoms with Crippen LogP contribution in [0.25, 0.3) is 10.8 Å². The van der Waals surface area contributed by atoms with E-state index in [1.165, 1.54) is 16.5 Å². The predicted molar refractivity (Wildman–Crippen MR) is 81.2 cm³/mol. The van der Waals surface area contributed by atoms with Crippen LogP contribution >= 0.6 is 0 Å². The molecule has 98 valence electrons. The number of benzene rings is 2. The molecule has 0 spiro atoms. The van der Waals surface area contributed by atoms with Crippen molar-refractivity contribution < 1.29 is 0 Å². The number of rotatable bonds is 4. The van der Waals surface area contributed by atoms with Gasteiger partial charge in [-0.3, -0.25) is 0 Å². The van der Waals surface area contributed by atoms with Gasteiger partial charge in [-0.05, 0) is 28.8 Å². The van der Waals surface area contributed by atoms with Crippen LogP contribution in [-0.2, 0) is 0 Å². The highest BCUT2D eigenvalue weighted by molar-refractivity contribution is 5.85. The monoisotopic (exact) mass is 252 g/mol. The standard InChI is InChI=1S/C17H20N2/c1-13(2)16(11-18)12-19(3)17-9-8-14-6-4-5-7-15(14)10-17/h4-10,13,16H,12H2,1-3H3. The quantitative estimate of drug-likeness (QED) is 0.820. The molecule has 0 saturated heterocycles. The highest BCUT2D eigenvalue weighted by Gasteiger charge is 2.15. The van der Waals surface area contributed by atoms with Gasteiger partial charge in [0.25, 0.3) is 0 Å². The molecule has 2 nitrogen and oxygen atoms in total. The molecule has 1 unspecified atom stereocenters. The number of nitrogens with zero attached hydrogens (tertiary/aromatic N) is 2. The SMILES string of the molecule is CC(C)C(C#N)CN(C)c1ccc2ccccc2c1. The van der Waals surface area contributed by atoms with E-state index in [2.05, 4.69) is 74.3 Å². The number of hydrogen-bond acceptors (Lipinski definition) is 2. The molecule has 2 aromatic carbocycles. The maximum Gasteiger partial charge on any atom is 0.0677 e. The normalized spacial score (nSPS) is 12.4. The Morgan fingerprint density at radius 3 is 2.42 bits per heavy atom. The van der Waals surface area contributed by atoms with Crippen molar-refractivity contribution in [3.05, 3.63) is 42.5 Å². The second-order valence-corrected chi connectivity index (χ2v) is 5.39. The first-order chi connectivity index (χ1) is 9.11. The third-order valence-corrected chi connectivity index (χ3v) is 3.61. The van der Waals surface area contributed by atoms with E-state index in [-0.39, 0.29) is 5.92 Å². The van der Waals surface area contributed by atoms with E-state index in [1.807, 2.05) is 0 Å². The molecule has 0 radical (unpaired) electrons. The van der Waals surface area contributed by atoms with Crippen LogP contribution in [0.5, 0.6) is 0 Å². The van der Waals surface area contributed by atoms with Crippen LogP contribution in [0, 0.1) is 23.2 Å². The molecule has 0 aromatic heterocycles. The Bertz CT molecular complexity index is 595. The van der Waals surface area contributed by atoms with Gasteiger partial charge in [-0.1, -0.05) is 44.2 Å². The zero-order chi connectivity index (χ0) is 13.8. The summed E-state index contributed by atoms with van der Waals surface area (Å²) in [6.45, 7) is 4.97. The zero-order valence-electron chi connectivity index (χ0n) is 11.8. The third-order valence-electron chi connectivity index (χ3n) is 3.61. The van der Waals surface area contributed by atoms with E-state index in [4.69, 9.17) is 0 Å². The van der Waals surface area contributed by atoms with E-state index >= 15 is 0 Å². The number of anilines is 1. The van der Waals surface area contributed by atoms with Crippen LogP contribution in [0.4, 0.5) is 5.69 Å². The Morgan fingerprint density at radius 2 is 1.79 bits per heavy atom. The molecule has 19 heavy (non-hydrogen) atoms. The van der Waals surface area contributed by atoms with Crippen molar-refractivity contribution in [2.45, 2.75) is 13.8 Å². The topological polar surface area (TPSA) is 27.0 Å². The summed E-state index contributed by atoms with van der Waals surface area (Å²) in [6.07, 6.45) is 0. The van der Waals surface area contributed by atoms with E-state index in [1.54, 1.807) is 0 Å². The summed E-state index contributed by atoms with van der Waals surface area (Å²) >= 11 is 0. The summed E-state index contributed by atoms with van der Waals surface area (Å²) in [5.41, 5.74) is 1.17. The van der Waals surface area contributed by atoms with Crippen LogP contribution in [0.15, 0.2) is 42.5 Å². The summed E-state index contributed by atoms with van der Waals surface area (Å²) in [7, 11) is 2.05. The van der Waals surface area contributed by atoms with Crippen LogP contribution in [0.2, 0.25) is 0 Å². The van der Waals surface area contributed by atoms with E-state index in [9.17, 15) is 5.26 Å². The second kappa shape index (κ2) is 5.75. The van der Waals surface area contributed by atoms with Crippen LogP contribution in [0.1, 0.15) is 13.8 Å². The molecule has 0 aliphatic rings. The smallest absolute Gasteiger partial charge is 0.0677 e. The zero-order valence-corrected chi connectivity index (χ0v) is 11.8. The van der Waals surface area contributed by atoms with Gasteiger partial charge in [0.05, 0.1) is 12.0 Å². The predicted octanol–water partition coefficient (Wildman–Crippen LogP) is 4.07. The first-order valence-corrected chi connectivity index (χ1v) is 6.71. The van der Waals surface area contributed by atoms with Crippen molar-refractivity contribution in [1.82, 2.24) is 0 Å². The van der Waals surface area contributed by atoms with Crippen molar-refractivity contribution in [1.29, 1.82) is 5.26 Å². The second-order valence-electron chi connectivity index (χ2n) is 5.39. The van der Waals surface area contributed by atoms with Gasteiger partial charge < -0.3 is 4.90 Å². The Kier molecular flexibility index (Phi) is 4.06. The maximum absolute atomic E-state index is 9.19. The Hall–Kier alpha value is -2.01. The lowest BCUT2D eigenvalue weighted by atomic mass is 9.97. The lowest BCUT2D eigenvalue weighted by Gasteiger charge is -2.24. The summed E-state index contributed by atoms with van der Waals surface area (Å²) < 4.78 is 0. The first-order valence-electron chi connectivity index (χ1n) is 6.71. The van der Waals surface area contributed by atoms with Gasteiger partial charge in [-0.15, -0.1) is 0 Å². The molecule has 1 atom stereocenters. The van der Waals surface area contributed by atoms with Crippen molar-refractivity contribution >= 4 is 16.5 Å². The Labute approximate surface area is 115 Å². The number of nitriles is 1.